The van der Waals surface area contributed by atoms with E-state index in [0.29, 0.717) is 23.3 Å². The Balaban J connectivity index is 2.53. The molecule has 0 aliphatic rings. The maximum absolute atomic E-state index is 8.73. The number of aliphatic hydroxyl groups excluding tert-OH is 1. The molecule has 1 heterocycles. The standard InChI is InChI=1S/C9H13Cl2N3O/c1-6(2-3-15)4-12-8-7(10)5-13-9(11)14-8/h5-6,15H,2-4H2,1H3,(H,12,13,14). The smallest absolute Gasteiger partial charge is 0.224 e. The number of halogens is 2. The van der Waals surface area contributed by atoms with Crippen LogP contribution in [0.4, 0.5) is 5.82 Å². The molecule has 0 saturated carbocycles. The minimum absolute atomic E-state index is 0.164. The van der Waals surface area contributed by atoms with Crippen LogP contribution < -0.4 is 5.32 Å². The van der Waals surface area contributed by atoms with Gasteiger partial charge in [-0.1, -0.05) is 18.5 Å². The topological polar surface area (TPSA) is 58.0 Å². The molecule has 6 heteroatoms. The van der Waals surface area contributed by atoms with Gasteiger partial charge in [0.2, 0.25) is 5.28 Å². The van der Waals surface area contributed by atoms with Gasteiger partial charge in [0.15, 0.2) is 0 Å². The van der Waals surface area contributed by atoms with Gasteiger partial charge < -0.3 is 10.4 Å². The highest BCUT2D eigenvalue weighted by Crippen LogP contribution is 2.19. The van der Waals surface area contributed by atoms with Crippen molar-refractivity contribution in [1.29, 1.82) is 0 Å². The number of nitrogens with one attached hydrogen (secondary N) is 1. The van der Waals surface area contributed by atoms with E-state index in [-0.39, 0.29) is 11.9 Å². The first-order valence-corrected chi connectivity index (χ1v) is 5.42. The molecule has 0 radical (unpaired) electrons. The highest BCUT2D eigenvalue weighted by Gasteiger charge is 2.06. The van der Waals surface area contributed by atoms with E-state index in [4.69, 9.17) is 28.3 Å². The van der Waals surface area contributed by atoms with E-state index in [1.54, 1.807) is 0 Å². The van der Waals surface area contributed by atoms with E-state index in [9.17, 15) is 0 Å². The SMILES string of the molecule is CC(CCO)CNc1nc(Cl)ncc1Cl. The third-order valence-corrected chi connectivity index (χ3v) is 2.41. The van der Waals surface area contributed by atoms with Gasteiger partial charge in [-0.2, -0.15) is 4.98 Å². The number of hydrogen-bond donors (Lipinski definition) is 2. The van der Waals surface area contributed by atoms with Crippen molar-refractivity contribution >= 4 is 29.0 Å². The second kappa shape index (κ2) is 6.10. The van der Waals surface area contributed by atoms with E-state index < -0.39 is 0 Å². The van der Waals surface area contributed by atoms with Crippen LogP contribution in [-0.2, 0) is 0 Å². The van der Waals surface area contributed by atoms with Gasteiger partial charge in [-0.25, -0.2) is 4.98 Å². The fraction of sp³-hybridized carbons (Fsp3) is 0.556. The van der Waals surface area contributed by atoms with Crippen molar-refractivity contribution < 1.29 is 5.11 Å². The summed E-state index contributed by atoms with van der Waals surface area (Å²) in [6.45, 7) is 2.90. The van der Waals surface area contributed by atoms with Gasteiger partial charge >= 0.3 is 0 Å². The number of nitrogens with zero attached hydrogens (tertiary/aromatic N) is 2. The highest BCUT2D eigenvalue weighted by molar-refractivity contribution is 6.33. The lowest BCUT2D eigenvalue weighted by Crippen LogP contribution is -2.13. The molecule has 0 aliphatic heterocycles. The minimum atomic E-state index is 0.164. The van der Waals surface area contributed by atoms with Crippen molar-refractivity contribution in [3.05, 3.63) is 16.5 Å². The van der Waals surface area contributed by atoms with Crippen LogP contribution in [0.15, 0.2) is 6.20 Å². The second-order valence-electron chi connectivity index (χ2n) is 3.33. The average molecular weight is 250 g/mol. The van der Waals surface area contributed by atoms with Crippen molar-refractivity contribution in [3.63, 3.8) is 0 Å². The first-order valence-electron chi connectivity index (χ1n) is 4.66. The number of rotatable bonds is 5. The Hall–Kier alpha value is -0.580. The van der Waals surface area contributed by atoms with Crippen molar-refractivity contribution in [2.24, 2.45) is 5.92 Å². The summed E-state index contributed by atoms with van der Waals surface area (Å²) in [5.74, 6) is 0.876. The van der Waals surface area contributed by atoms with E-state index in [0.717, 1.165) is 6.42 Å². The zero-order valence-corrected chi connectivity index (χ0v) is 9.89. The summed E-state index contributed by atoms with van der Waals surface area (Å²) < 4.78 is 0. The fourth-order valence-corrected chi connectivity index (χ4v) is 1.35. The first-order chi connectivity index (χ1) is 7.13. The van der Waals surface area contributed by atoms with Crippen LogP contribution >= 0.6 is 23.2 Å². The molecule has 4 nitrogen and oxygen atoms in total. The van der Waals surface area contributed by atoms with Gasteiger partial charge in [0, 0.05) is 13.2 Å². The molecule has 0 amide bonds. The lowest BCUT2D eigenvalue weighted by molar-refractivity contribution is 0.266. The molecule has 0 aliphatic carbocycles. The van der Waals surface area contributed by atoms with E-state index in [2.05, 4.69) is 15.3 Å². The molecule has 0 fully saturated rings. The molecule has 1 aromatic heterocycles. The van der Waals surface area contributed by atoms with Crippen molar-refractivity contribution in [1.82, 2.24) is 9.97 Å². The second-order valence-corrected chi connectivity index (χ2v) is 4.08. The zero-order chi connectivity index (χ0) is 11.3. The van der Waals surface area contributed by atoms with Crippen LogP contribution in [0.2, 0.25) is 10.3 Å². The number of aromatic nitrogens is 2. The van der Waals surface area contributed by atoms with Gasteiger partial charge in [0.05, 0.1) is 6.20 Å². The maximum Gasteiger partial charge on any atom is 0.224 e. The summed E-state index contributed by atoms with van der Waals surface area (Å²) in [4.78, 5) is 7.70. The molecule has 1 rings (SSSR count). The lowest BCUT2D eigenvalue weighted by Gasteiger charge is -2.12. The molecule has 1 aromatic rings. The Labute approximate surface area is 98.6 Å². The Kier molecular flexibility index (Phi) is 5.08. The van der Waals surface area contributed by atoms with Gasteiger partial charge in [0.1, 0.15) is 10.8 Å². The van der Waals surface area contributed by atoms with Crippen molar-refractivity contribution in [3.8, 4) is 0 Å². The molecule has 15 heavy (non-hydrogen) atoms. The maximum atomic E-state index is 8.73. The zero-order valence-electron chi connectivity index (χ0n) is 8.37. The monoisotopic (exact) mass is 249 g/mol. The molecule has 84 valence electrons. The largest absolute Gasteiger partial charge is 0.396 e. The molecule has 0 spiro atoms. The predicted molar refractivity (Wildman–Crippen MR) is 61.4 cm³/mol. The Morgan fingerprint density at radius 2 is 2.27 bits per heavy atom. The Morgan fingerprint density at radius 3 is 2.93 bits per heavy atom. The number of hydrogen-bond acceptors (Lipinski definition) is 4. The van der Waals surface area contributed by atoms with Gasteiger partial charge in [-0.05, 0) is 23.9 Å². The molecule has 0 bridgehead atoms. The summed E-state index contributed by atoms with van der Waals surface area (Å²) >= 11 is 11.5. The molecule has 0 saturated heterocycles. The van der Waals surface area contributed by atoms with Crippen LogP contribution in [-0.4, -0.2) is 28.2 Å². The summed E-state index contributed by atoms with van der Waals surface area (Å²) in [6.07, 6.45) is 2.19. The lowest BCUT2D eigenvalue weighted by atomic mass is 10.1. The number of aliphatic hydroxyl groups is 1. The third-order valence-electron chi connectivity index (χ3n) is 1.95. The summed E-state index contributed by atoms with van der Waals surface area (Å²) in [5, 5.41) is 12.4. The van der Waals surface area contributed by atoms with E-state index in [1.807, 2.05) is 6.92 Å². The molecule has 2 N–H and O–H groups in total. The minimum Gasteiger partial charge on any atom is -0.396 e. The average Bonchev–Trinajstić information content (AvgIpc) is 2.20. The molecule has 1 atom stereocenters. The van der Waals surface area contributed by atoms with Gasteiger partial charge in [-0.3, -0.25) is 0 Å². The van der Waals surface area contributed by atoms with Gasteiger partial charge in [-0.15, -0.1) is 0 Å². The quantitative estimate of drug-likeness (QED) is 0.786. The summed E-state index contributed by atoms with van der Waals surface area (Å²) in [6, 6.07) is 0. The van der Waals surface area contributed by atoms with Gasteiger partial charge in [0.25, 0.3) is 0 Å². The van der Waals surface area contributed by atoms with Crippen molar-refractivity contribution in [2.45, 2.75) is 13.3 Å². The summed E-state index contributed by atoms with van der Waals surface area (Å²) in [5.41, 5.74) is 0. The van der Waals surface area contributed by atoms with E-state index in [1.165, 1.54) is 6.20 Å². The van der Waals surface area contributed by atoms with E-state index >= 15 is 0 Å². The fourth-order valence-electron chi connectivity index (χ4n) is 1.06. The number of anilines is 1. The molecule has 1 unspecified atom stereocenters. The first kappa shape index (κ1) is 12.5. The molecule has 0 aromatic carbocycles. The Bertz CT molecular complexity index is 322. The van der Waals surface area contributed by atoms with Crippen LogP contribution in [0, 0.1) is 5.92 Å². The third kappa shape index (κ3) is 4.20. The molecular formula is C9H13Cl2N3O. The normalized spacial score (nSPS) is 12.5. The molecular weight excluding hydrogens is 237 g/mol. The van der Waals surface area contributed by atoms with Crippen LogP contribution in [0.5, 0.6) is 0 Å². The predicted octanol–water partition coefficient (Wildman–Crippen LogP) is 2.21. The summed E-state index contributed by atoms with van der Waals surface area (Å²) in [7, 11) is 0. The highest BCUT2D eigenvalue weighted by atomic mass is 35.5. The van der Waals surface area contributed by atoms with Crippen LogP contribution in [0.1, 0.15) is 13.3 Å². The Morgan fingerprint density at radius 1 is 1.53 bits per heavy atom. The van der Waals surface area contributed by atoms with Crippen LogP contribution in [0.25, 0.3) is 0 Å². The van der Waals surface area contributed by atoms with Crippen LogP contribution in [0.3, 0.4) is 0 Å². The van der Waals surface area contributed by atoms with Crippen molar-refractivity contribution in [2.75, 3.05) is 18.5 Å².